The average molecular weight is 819 g/mol. The standard InChI is InChI=1S/C34H29N13O7S2.Na/c35-18-1-11-26(24(37)15-18)44-40-20-3-7-22(8-4-20)42-46-32-28(55(49,50)51)13-17-14-29(56(52,53)54)33(34(48)30(17)31(32)39)47-43-23-9-5-21(6-10-23)41-45-27-12-2-19(36)16-25(27)38;/h1-16,48H,35-39H2,(H,49,50,51)(H,52,53,54);. The number of benzene rings is 6. The van der Waals surface area contributed by atoms with Gasteiger partial charge in [-0.2, -0.15) is 37.3 Å². The Hall–Kier alpha value is -6.40. The molecule has 285 valence electrons. The van der Waals surface area contributed by atoms with Crippen molar-refractivity contribution in [2.24, 2.45) is 40.9 Å². The molecule has 0 spiro atoms. The Labute approximate surface area is 345 Å². The predicted octanol–water partition coefficient (Wildman–Crippen LogP) is 8.23. The summed E-state index contributed by atoms with van der Waals surface area (Å²) >= 11 is 0. The molecule has 0 unspecified atom stereocenters. The molecule has 0 aliphatic heterocycles. The van der Waals surface area contributed by atoms with Crippen molar-refractivity contribution in [3.05, 3.63) is 97.1 Å². The number of azo groups is 4. The van der Waals surface area contributed by atoms with Crippen LogP contribution in [0.4, 0.5) is 73.9 Å². The second-order valence-corrected chi connectivity index (χ2v) is 14.5. The Balaban J connectivity index is 0.00000620. The quantitative estimate of drug-likeness (QED) is 0.0280. The number of fused-ring (bicyclic) bond motifs is 1. The maximum atomic E-state index is 12.5. The van der Waals surface area contributed by atoms with Crippen LogP contribution in [0.3, 0.4) is 0 Å². The molecule has 0 aliphatic rings. The maximum absolute atomic E-state index is 12.5. The number of nitrogens with two attached hydrogens (primary N) is 5. The number of anilines is 5. The van der Waals surface area contributed by atoms with E-state index in [2.05, 4.69) is 40.9 Å². The van der Waals surface area contributed by atoms with Gasteiger partial charge in [0.15, 0.2) is 5.75 Å². The molecule has 0 aliphatic carbocycles. The summed E-state index contributed by atoms with van der Waals surface area (Å²) in [5, 5.41) is 42.8. The van der Waals surface area contributed by atoms with Crippen molar-refractivity contribution in [3.8, 4) is 5.75 Å². The zero-order valence-electron chi connectivity index (χ0n) is 29.5. The molecule has 0 aromatic heterocycles. The topological polar surface area (TPSA) is 358 Å². The van der Waals surface area contributed by atoms with Crippen LogP contribution in [0, 0.1) is 0 Å². The Morgan fingerprint density at radius 3 is 1.18 bits per heavy atom. The fourth-order valence-corrected chi connectivity index (χ4v) is 6.37. The van der Waals surface area contributed by atoms with Crippen LogP contribution in [0.1, 0.15) is 0 Å². The van der Waals surface area contributed by atoms with E-state index in [1.807, 2.05) is 0 Å². The molecule has 0 saturated heterocycles. The minimum Gasteiger partial charge on any atom is -0.505 e. The Morgan fingerprint density at radius 1 is 0.456 bits per heavy atom. The molecular formula is C34H29N13NaO7S2. The molecule has 23 heteroatoms. The molecule has 13 N–H and O–H groups in total. The fraction of sp³-hybridized carbons (Fsp3) is 0. The zero-order chi connectivity index (χ0) is 40.4. The van der Waals surface area contributed by atoms with Crippen molar-refractivity contribution in [3.63, 3.8) is 0 Å². The van der Waals surface area contributed by atoms with E-state index in [4.69, 9.17) is 28.7 Å². The summed E-state index contributed by atoms with van der Waals surface area (Å²) in [6.45, 7) is 0. The molecule has 0 fully saturated rings. The number of hydrogen-bond donors (Lipinski definition) is 8. The molecular weight excluding hydrogens is 790 g/mol. The number of phenols is 1. The van der Waals surface area contributed by atoms with Gasteiger partial charge >= 0.3 is 0 Å². The van der Waals surface area contributed by atoms with Crippen molar-refractivity contribution in [2.45, 2.75) is 9.79 Å². The average Bonchev–Trinajstić information content (AvgIpc) is 3.13. The van der Waals surface area contributed by atoms with E-state index in [9.17, 15) is 31.0 Å². The van der Waals surface area contributed by atoms with E-state index in [-0.39, 0.29) is 51.7 Å². The van der Waals surface area contributed by atoms with Gasteiger partial charge in [-0.25, -0.2) is 0 Å². The fourth-order valence-electron chi connectivity index (χ4n) is 5.04. The third-order valence-corrected chi connectivity index (χ3v) is 9.48. The smallest absolute Gasteiger partial charge is 0.296 e. The van der Waals surface area contributed by atoms with E-state index < -0.39 is 52.8 Å². The number of phenolic OH excluding ortho intramolecular Hbond substituents is 1. The molecule has 1 radical (unpaired) electrons. The molecule has 6 aromatic rings. The molecule has 6 aromatic carbocycles. The second kappa shape index (κ2) is 16.8. The van der Waals surface area contributed by atoms with Gasteiger partial charge < -0.3 is 33.8 Å². The van der Waals surface area contributed by atoms with E-state index >= 15 is 0 Å². The monoisotopic (exact) mass is 818 g/mol. The van der Waals surface area contributed by atoms with Crippen LogP contribution in [0.25, 0.3) is 10.8 Å². The molecule has 0 amide bonds. The molecule has 0 bridgehead atoms. The van der Waals surface area contributed by atoms with Gasteiger partial charge in [0.2, 0.25) is 0 Å². The van der Waals surface area contributed by atoms with Crippen LogP contribution in [-0.4, -0.2) is 60.6 Å². The molecule has 6 rings (SSSR count). The van der Waals surface area contributed by atoms with Crippen molar-refractivity contribution in [1.82, 2.24) is 0 Å². The van der Waals surface area contributed by atoms with Crippen LogP contribution in [0.5, 0.6) is 5.75 Å². The van der Waals surface area contributed by atoms with Crippen LogP contribution in [0.2, 0.25) is 0 Å². The zero-order valence-corrected chi connectivity index (χ0v) is 33.1. The summed E-state index contributed by atoms with van der Waals surface area (Å²) < 4.78 is 69.9. The SMILES string of the molecule is Nc1ccc(N=Nc2ccc(N=Nc3c(S(=O)(=O)O)cc4cc(S(=O)(=O)O)c(N=Nc5ccc(N=Nc6ccc(N)cc6N)cc5)c(O)c4c3N)cc2)c(N)c1.[Na]. The van der Waals surface area contributed by atoms with Crippen LogP contribution >= 0.6 is 0 Å². The predicted molar refractivity (Wildman–Crippen MR) is 216 cm³/mol. The summed E-state index contributed by atoms with van der Waals surface area (Å²) in [4.78, 5) is -1.84. The van der Waals surface area contributed by atoms with Crippen molar-refractivity contribution in [1.29, 1.82) is 0 Å². The summed E-state index contributed by atoms with van der Waals surface area (Å²) in [5.41, 5.74) is 31.1. The van der Waals surface area contributed by atoms with Crippen molar-refractivity contribution < 1.29 is 31.0 Å². The van der Waals surface area contributed by atoms with Crippen molar-refractivity contribution in [2.75, 3.05) is 28.7 Å². The molecule has 57 heavy (non-hydrogen) atoms. The van der Waals surface area contributed by atoms with Gasteiger partial charge in [0.1, 0.15) is 32.5 Å². The minimum atomic E-state index is -5.12. The third-order valence-electron chi connectivity index (χ3n) is 7.75. The number of rotatable bonds is 10. The molecule has 0 saturated carbocycles. The Bertz CT molecular complexity index is 2680. The molecule has 20 nitrogen and oxygen atoms in total. The first-order valence-electron chi connectivity index (χ1n) is 15.7. The summed E-state index contributed by atoms with van der Waals surface area (Å²) in [6.07, 6.45) is 0. The number of nitrogens with zero attached hydrogens (tertiary/aromatic N) is 8. The van der Waals surface area contributed by atoms with E-state index in [1.54, 1.807) is 24.3 Å². The van der Waals surface area contributed by atoms with E-state index in [0.717, 1.165) is 12.1 Å². The van der Waals surface area contributed by atoms with Gasteiger partial charge in [0, 0.05) is 40.9 Å². The van der Waals surface area contributed by atoms with E-state index in [0.29, 0.717) is 45.5 Å². The maximum Gasteiger partial charge on any atom is 0.296 e. The Kier molecular flexibility index (Phi) is 12.3. The Morgan fingerprint density at radius 2 is 0.807 bits per heavy atom. The number of hydrogen-bond acceptors (Lipinski definition) is 18. The molecule has 0 atom stereocenters. The van der Waals surface area contributed by atoms with Gasteiger partial charge in [0.05, 0.1) is 45.2 Å². The number of nitrogen functional groups attached to an aromatic ring is 5. The van der Waals surface area contributed by atoms with Crippen LogP contribution in [0.15, 0.2) is 148 Å². The van der Waals surface area contributed by atoms with Gasteiger partial charge in [-0.05, 0) is 102 Å². The van der Waals surface area contributed by atoms with Gasteiger partial charge in [-0.15, -0.1) is 20.5 Å². The normalized spacial score (nSPS) is 12.3. The van der Waals surface area contributed by atoms with Crippen LogP contribution < -0.4 is 28.7 Å². The van der Waals surface area contributed by atoms with Gasteiger partial charge in [-0.1, -0.05) is 0 Å². The molecule has 0 heterocycles. The van der Waals surface area contributed by atoms with Gasteiger partial charge in [-0.3, -0.25) is 9.11 Å². The largest absolute Gasteiger partial charge is 0.505 e. The van der Waals surface area contributed by atoms with E-state index in [1.165, 1.54) is 60.7 Å². The first kappa shape index (κ1) is 41.8. The second-order valence-electron chi connectivity index (χ2n) is 11.7. The third kappa shape index (κ3) is 9.71. The number of aromatic hydroxyl groups is 1. The minimum absolute atomic E-state index is 0. The summed E-state index contributed by atoms with van der Waals surface area (Å²) in [5.74, 6) is -0.919. The summed E-state index contributed by atoms with van der Waals surface area (Å²) in [6, 6.07) is 23.0. The van der Waals surface area contributed by atoms with Crippen LogP contribution in [-0.2, 0) is 20.2 Å². The first-order valence-corrected chi connectivity index (χ1v) is 18.6. The van der Waals surface area contributed by atoms with Crippen molar-refractivity contribution >= 4 is 135 Å². The first-order chi connectivity index (χ1) is 26.5. The van der Waals surface area contributed by atoms with Gasteiger partial charge in [0.25, 0.3) is 20.2 Å². The summed E-state index contributed by atoms with van der Waals surface area (Å²) in [7, 11) is -10.2.